The van der Waals surface area contributed by atoms with Crippen molar-refractivity contribution in [3.8, 4) is 0 Å². The average Bonchev–Trinajstić information content (AvgIpc) is 2.41. The van der Waals surface area contributed by atoms with Gasteiger partial charge in [0.25, 0.3) is 5.91 Å². The first-order valence-corrected chi connectivity index (χ1v) is 6.61. The molecule has 3 heteroatoms. The molecule has 0 unspecified atom stereocenters. The van der Waals surface area contributed by atoms with E-state index >= 15 is 0 Å². The van der Waals surface area contributed by atoms with Crippen LogP contribution >= 0.6 is 0 Å². The summed E-state index contributed by atoms with van der Waals surface area (Å²) in [6.07, 6.45) is 0. The minimum atomic E-state index is -0.406. The predicted octanol–water partition coefficient (Wildman–Crippen LogP) is 3.93. The second-order valence-corrected chi connectivity index (χ2v) is 5.07. The first-order chi connectivity index (χ1) is 9.47. The Bertz CT molecular complexity index is 637. The highest BCUT2D eigenvalue weighted by Crippen LogP contribution is 2.19. The summed E-state index contributed by atoms with van der Waals surface area (Å²) in [7, 11) is 0. The third-order valence-electron chi connectivity index (χ3n) is 3.34. The van der Waals surface area contributed by atoms with Crippen LogP contribution in [0, 0.1) is 19.7 Å². The highest BCUT2D eigenvalue weighted by atomic mass is 19.1. The molecule has 1 N–H and O–H groups in total. The summed E-state index contributed by atoms with van der Waals surface area (Å²) < 4.78 is 13.1. The highest BCUT2D eigenvalue weighted by molar-refractivity contribution is 5.94. The van der Waals surface area contributed by atoms with E-state index in [4.69, 9.17) is 0 Å². The maximum Gasteiger partial charge on any atom is 0.251 e. The van der Waals surface area contributed by atoms with E-state index < -0.39 is 5.82 Å². The van der Waals surface area contributed by atoms with Gasteiger partial charge in [0.15, 0.2) is 0 Å². The van der Waals surface area contributed by atoms with Gasteiger partial charge in [-0.15, -0.1) is 0 Å². The standard InChI is InChI=1S/C17H18FNO/c1-11-7-8-12(2)16(9-11)13(3)19-17(20)14-5-4-6-15(18)10-14/h4-10,13H,1-3H3,(H,19,20)/t13-/m1/s1. The Hall–Kier alpha value is -2.16. The van der Waals surface area contributed by atoms with Crippen molar-refractivity contribution in [2.75, 3.05) is 0 Å². The molecule has 2 rings (SSSR count). The van der Waals surface area contributed by atoms with Gasteiger partial charge in [-0.2, -0.15) is 0 Å². The number of carbonyl (C=O) groups is 1. The molecule has 0 saturated heterocycles. The number of rotatable bonds is 3. The molecule has 0 spiro atoms. The summed E-state index contributed by atoms with van der Waals surface area (Å²) in [5.74, 6) is -0.671. The minimum Gasteiger partial charge on any atom is -0.346 e. The molecule has 104 valence electrons. The van der Waals surface area contributed by atoms with Crippen LogP contribution < -0.4 is 5.32 Å². The molecule has 0 fully saturated rings. The van der Waals surface area contributed by atoms with Crippen LogP contribution in [0.1, 0.15) is 40.0 Å². The van der Waals surface area contributed by atoms with Crippen molar-refractivity contribution in [3.05, 3.63) is 70.5 Å². The molecule has 0 saturated carbocycles. The lowest BCUT2D eigenvalue weighted by Gasteiger charge is -2.17. The predicted molar refractivity (Wildman–Crippen MR) is 78.2 cm³/mol. The van der Waals surface area contributed by atoms with Gasteiger partial charge < -0.3 is 5.32 Å². The van der Waals surface area contributed by atoms with E-state index in [0.29, 0.717) is 5.56 Å². The van der Waals surface area contributed by atoms with Crippen LogP contribution in [0.2, 0.25) is 0 Å². The first kappa shape index (κ1) is 14.3. The minimum absolute atomic E-state index is 0.120. The normalized spacial score (nSPS) is 12.0. The van der Waals surface area contributed by atoms with E-state index in [1.165, 1.54) is 18.2 Å². The van der Waals surface area contributed by atoms with Gasteiger partial charge >= 0.3 is 0 Å². The molecule has 1 amide bonds. The fourth-order valence-electron chi connectivity index (χ4n) is 2.21. The van der Waals surface area contributed by atoms with Crippen molar-refractivity contribution < 1.29 is 9.18 Å². The van der Waals surface area contributed by atoms with Crippen molar-refractivity contribution in [3.63, 3.8) is 0 Å². The largest absolute Gasteiger partial charge is 0.346 e. The Balaban J connectivity index is 2.17. The molecule has 0 bridgehead atoms. The Kier molecular flexibility index (Phi) is 4.18. The fourth-order valence-corrected chi connectivity index (χ4v) is 2.21. The number of halogens is 1. The first-order valence-electron chi connectivity index (χ1n) is 6.61. The Morgan fingerprint density at radius 1 is 1.15 bits per heavy atom. The summed E-state index contributed by atoms with van der Waals surface area (Å²) in [6.45, 7) is 5.96. The zero-order valence-corrected chi connectivity index (χ0v) is 11.9. The van der Waals surface area contributed by atoms with E-state index in [9.17, 15) is 9.18 Å². The number of nitrogens with one attached hydrogen (secondary N) is 1. The quantitative estimate of drug-likeness (QED) is 0.900. The van der Waals surface area contributed by atoms with Crippen molar-refractivity contribution in [1.29, 1.82) is 0 Å². The number of carbonyl (C=O) groups excluding carboxylic acids is 1. The number of hydrogen-bond donors (Lipinski definition) is 1. The van der Waals surface area contributed by atoms with Crippen LogP contribution in [0.15, 0.2) is 42.5 Å². The second-order valence-electron chi connectivity index (χ2n) is 5.07. The van der Waals surface area contributed by atoms with Crippen LogP contribution in [0.3, 0.4) is 0 Å². The lowest BCUT2D eigenvalue weighted by molar-refractivity contribution is 0.0939. The molecule has 0 aliphatic heterocycles. The molecule has 0 radical (unpaired) electrons. The lowest BCUT2D eigenvalue weighted by Crippen LogP contribution is -2.27. The van der Waals surface area contributed by atoms with Crippen molar-refractivity contribution in [1.82, 2.24) is 5.32 Å². The molecular weight excluding hydrogens is 253 g/mol. The molecule has 0 aliphatic carbocycles. The number of hydrogen-bond acceptors (Lipinski definition) is 1. The monoisotopic (exact) mass is 271 g/mol. The maximum absolute atomic E-state index is 13.1. The van der Waals surface area contributed by atoms with E-state index in [2.05, 4.69) is 11.4 Å². The topological polar surface area (TPSA) is 29.1 Å². The van der Waals surface area contributed by atoms with E-state index in [1.54, 1.807) is 6.07 Å². The third kappa shape index (κ3) is 3.23. The third-order valence-corrected chi connectivity index (χ3v) is 3.34. The zero-order valence-electron chi connectivity index (χ0n) is 11.9. The van der Waals surface area contributed by atoms with E-state index in [-0.39, 0.29) is 11.9 Å². The van der Waals surface area contributed by atoms with Crippen LogP contribution in [-0.4, -0.2) is 5.91 Å². The molecule has 2 nitrogen and oxygen atoms in total. The average molecular weight is 271 g/mol. The van der Waals surface area contributed by atoms with Gasteiger partial charge in [0, 0.05) is 5.56 Å². The van der Waals surface area contributed by atoms with Crippen molar-refractivity contribution >= 4 is 5.91 Å². The molecule has 2 aromatic carbocycles. The van der Waals surface area contributed by atoms with Crippen LogP contribution in [0.4, 0.5) is 4.39 Å². The van der Waals surface area contributed by atoms with Gasteiger partial charge in [0.05, 0.1) is 6.04 Å². The highest BCUT2D eigenvalue weighted by Gasteiger charge is 2.13. The maximum atomic E-state index is 13.1. The van der Waals surface area contributed by atoms with E-state index in [1.807, 2.05) is 32.9 Å². The molecule has 0 aromatic heterocycles. The van der Waals surface area contributed by atoms with Crippen molar-refractivity contribution in [2.45, 2.75) is 26.8 Å². The molecular formula is C17H18FNO. The SMILES string of the molecule is Cc1ccc(C)c([C@@H](C)NC(=O)c2cccc(F)c2)c1. The van der Waals surface area contributed by atoms with Crippen LogP contribution in [0.5, 0.6) is 0 Å². The zero-order chi connectivity index (χ0) is 14.7. The van der Waals surface area contributed by atoms with Crippen molar-refractivity contribution in [2.24, 2.45) is 0 Å². The Labute approximate surface area is 118 Å². The van der Waals surface area contributed by atoms with Crippen LogP contribution in [-0.2, 0) is 0 Å². The molecule has 1 atom stereocenters. The Morgan fingerprint density at radius 3 is 2.60 bits per heavy atom. The summed E-state index contributed by atoms with van der Waals surface area (Å²) in [4.78, 5) is 12.1. The van der Waals surface area contributed by atoms with Gasteiger partial charge in [-0.25, -0.2) is 4.39 Å². The summed E-state index contributed by atoms with van der Waals surface area (Å²) in [6, 6.07) is 11.7. The summed E-state index contributed by atoms with van der Waals surface area (Å²) in [5, 5.41) is 2.90. The molecule has 20 heavy (non-hydrogen) atoms. The van der Waals surface area contributed by atoms with E-state index in [0.717, 1.165) is 16.7 Å². The number of benzene rings is 2. The van der Waals surface area contributed by atoms with Crippen LogP contribution in [0.25, 0.3) is 0 Å². The molecule has 2 aromatic rings. The number of aryl methyl sites for hydroxylation is 2. The smallest absolute Gasteiger partial charge is 0.251 e. The number of amides is 1. The van der Waals surface area contributed by atoms with Gasteiger partial charge in [0.1, 0.15) is 5.82 Å². The summed E-state index contributed by atoms with van der Waals surface area (Å²) >= 11 is 0. The molecule has 0 heterocycles. The van der Waals surface area contributed by atoms with Gasteiger partial charge in [-0.05, 0) is 50.1 Å². The van der Waals surface area contributed by atoms with Gasteiger partial charge in [-0.1, -0.05) is 29.8 Å². The Morgan fingerprint density at radius 2 is 1.90 bits per heavy atom. The van der Waals surface area contributed by atoms with Gasteiger partial charge in [0.2, 0.25) is 0 Å². The summed E-state index contributed by atoms with van der Waals surface area (Å²) in [5.41, 5.74) is 3.69. The molecule has 0 aliphatic rings. The van der Waals surface area contributed by atoms with Gasteiger partial charge in [-0.3, -0.25) is 4.79 Å². The fraction of sp³-hybridized carbons (Fsp3) is 0.235. The second kappa shape index (κ2) is 5.87. The lowest BCUT2D eigenvalue weighted by atomic mass is 10.00.